The lowest BCUT2D eigenvalue weighted by atomic mass is 9.92. The molecule has 0 bridgehead atoms. The highest BCUT2D eigenvalue weighted by atomic mass is 35.5. The Kier molecular flexibility index (Phi) is 8.40. The summed E-state index contributed by atoms with van der Waals surface area (Å²) in [6, 6.07) is 7.00. The van der Waals surface area contributed by atoms with Crippen LogP contribution >= 0.6 is 12.4 Å². The highest BCUT2D eigenvalue weighted by Crippen LogP contribution is 2.23. The molecule has 0 unspecified atom stereocenters. The summed E-state index contributed by atoms with van der Waals surface area (Å²) in [7, 11) is 1.60. The Morgan fingerprint density at radius 2 is 1.83 bits per heavy atom. The van der Waals surface area contributed by atoms with Gasteiger partial charge < -0.3 is 20.1 Å². The molecule has 1 aliphatic rings. The van der Waals surface area contributed by atoms with Crippen LogP contribution in [0.5, 0.6) is 11.5 Å². The molecule has 3 N–H and O–H groups in total. The zero-order valence-corrected chi connectivity index (χ0v) is 14.8. The van der Waals surface area contributed by atoms with Crippen LogP contribution in [0.3, 0.4) is 0 Å². The van der Waals surface area contributed by atoms with Crippen LogP contribution in [0.1, 0.15) is 32.1 Å². The fourth-order valence-electron chi connectivity index (χ4n) is 2.82. The number of likely N-dealkylation sites (tertiary alicyclic amines) is 1. The van der Waals surface area contributed by atoms with Gasteiger partial charge in [0.15, 0.2) is 5.96 Å². The summed E-state index contributed by atoms with van der Waals surface area (Å²) in [5, 5.41) is 7.42. The van der Waals surface area contributed by atoms with Crippen molar-refractivity contribution >= 4 is 24.3 Å². The van der Waals surface area contributed by atoms with Gasteiger partial charge in [0.1, 0.15) is 11.5 Å². The molecule has 1 heterocycles. The van der Waals surface area contributed by atoms with E-state index in [0.717, 1.165) is 44.5 Å². The van der Waals surface area contributed by atoms with Gasteiger partial charge in [-0.15, -0.1) is 12.4 Å². The average Bonchev–Trinajstić information content (AvgIpc) is 2.56. The normalized spacial score (nSPS) is 14.6. The Labute approximate surface area is 149 Å². The van der Waals surface area contributed by atoms with Crippen molar-refractivity contribution in [2.75, 3.05) is 20.2 Å². The number of nitrogens with two attached hydrogens (primary N) is 1. The standard InChI is InChI=1S/C17H25N3O3.ClH/c1-22-14-5-7-15(8-6-14)23-16(21)4-2-3-13-9-11-20(12-10-13)17(18)19;/h5-8,13H,2-4,9-12H2,1H3,(H3,18,19);1H. The van der Waals surface area contributed by atoms with Crippen LogP contribution in [0.15, 0.2) is 24.3 Å². The summed E-state index contributed by atoms with van der Waals surface area (Å²) in [6.45, 7) is 1.69. The SMILES string of the molecule is COc1ccc(OC(=O)CCCC2CCN(C(=N)N)CC2)cc1.Cl. The number of esters is 1. The smallest absolute Gasteiger partial charge is 0.311 e. The molecule has 134 valence electrons. The Morgan fingerprint density at radius 1 is 1.25 bits per heavy atom. The summed E-state index contributed by atoms with van der Waals surface area (Å²) in [5.41, 5.74) is 5.48. The number of carbonyl (C=O) groups is 1. The first-order valence-electron chi connectivity index (χ1n) is 8.02. The molecule has 6 nitrogen and oxygen atoms in total. The molecule has 1 aliphatic heterocycles. The van der Waals surface area contributed by atoms with Gasteiger partial charge in [0, 0.05) is 19.5 Å². The zero-order chi connectivity index (χ0) is 16.7. The van der Waals surface area contributed by atoms with Gasteiger partial charge in [-0.2, -0.15) is 0 Å². The predicted octanol–water partition coefficient (Wildman–Crippen LogP) is 2.80. The van der Waals surface area contributed by atoms with Gasteiger partial charge in [-0.1, -0.05) is 0 Å². The number of hydrogen-bond donors (Lipinski definition) is 2. The summed E-state index contributed by atoms with van der Waals surface area (Å²) in [5.74, 6) is 1.86. The number of hydrogen-bond acceptors (Lipinski definition) is 4. The van der Waals surface area contributed by atoms with Crippen molar-refractivity contribution in [1.29, 1.82) is 5.41 Å². The first-order chi connectivity index (χ1) is 11.1. The largest absolute Gasteiger partial charge is 0.497 e. The van der Waals surface area contributed by atoms with Crippen LogP contribution in [0.4, 0.5) is 0 Å². The van der Waals surface area contributed by atoms with E-state index in [4.69, 9.17) is 20.6 Å². The summed E-state index contributed by atoms with van der Waals surface area (Å²) in [6.07, 6.45) is 4.35. The number of nitrogens with zero attached hydrogens (tertiary/aromatic N) is 1. The molecule has 7 heteroatoms. The molecule has 0 saturated carbocycles. The van der Waals surface area contributed by atoms with Crippen molar-refractivity contribution < 1.29 is 14.3 Å². The lowest BCUT2D eigenvalue weighted by molar-refractivity contribution is -0.134. The first-order valence-corrected chi connectivity index (χ1v) is 8.02. The second-order valence-electron chi connectivity index (χ2n) is 5.86. The van der Waals surface area contributed by atoms with Gasteiger partial charge in [-0.3, -0.25) is 10.2 Å². The third-order valence-electron chi connectivity index (χ3n) is 4.24. The first kappa shape index (κ1) is 20.1. The molecule has 1 saturated heterocycles. The van der Waals surface area contributed by atoms with E-state index < -0.39 is 0 Å². The molecule has 0 aromatic heterocycles. The average molecular weight is 356 g/mol. The van der Waals surface area contributed by atoms with Crippen molar-refractivity contribution in [2.45, 2.75) is 32.1 Å². The van der Waals surface area contributed by atoms with Crippen molar-refractivity contribution in [3.8, 4) is 11.5 Å². The number of guanidine groups is 1. The topological polar surface area (TPSA) is 88.6 Å². The molecule has 1 aromatic rings. The van der Waals surface area contributed by atoms with E-state index in [2.05, 4.69) is 0 Å². The fraction of sp³-hybridized carbons (Fsp3) is 0.529. The summed E-state index contributed by atoms with van der Waals surface area (Å²) in [4.78, 5) is 13.7. The second kappa shape index (κ2) is 10.0. The maximum atomic E-state index is 11.8. The monoisotopic (exact) mass is 355 g/mol. The molecule has 0 amide bonds. The Hall–Kier alpha value is -1.95. The van der Waals surface area contributed by atoms with Gasteiger partial charge in [-0.05, 0) is 55.9 Å². The third kappa shape index (κ3) is 6.28. The number of rotatable bonds is 6. The van der Waals surface area contributed by atoms with E-state index in [9.17, 15) is 4.79 Å². The van der Waals surface area contributed by atoms with Crippen molar-refractivity contribution in [1.82, 2.24) is 4.90 Å². The van der Waals surface area contributed by atoms with E-state index in [-0.39, 0.29) is 24.3 Å². The van der Waals surface area contributed by atoms with E-state index in [1.54, 1.807) is 31.4 Å². The van der Waals surface area contributed by atoms with E-state index in [0.29, 0.717) is 18.1 Å². The van der Waals surface area contributed by atoms with Crippen LogP contribution in [-0.4, -0.2) is 37.0 Å². The van der Waals surface area contributed by atoms with E-state index in [1.807, 2.05) is 4.90 Å². The molecule has 1 aromatic carbocycles. The molecule has 24 heavy (non-hydrogen) atoms. The van der Waals surface area contributed by atoms with Gasteiger partial charge in [0.05, 0.1) is 7.11 Å². The van der Waals surface area contributed by atoms with Crippen LogP contribution < -0.4 is 15.2 Å². The molecular weight excluding hydrogens is 330 g/mol. The van der Waals surface area contributed by atoms with Gasteiger partial charge in [-0.25, -0.2) is 0 Å². The second-order valence-corrected chi connectivity index (χ2v) is 5.86. The van der Waals surface area contributed by atoms with E-state index in [1.165, 1.54) is 0 Å². The van der Waals surface area contributed by atoms with Crippen LogP contribution in [0, 0.1) is 11.3 Å². The zero-order valence-electron chi connectivity index (χ0n) is 14.0. The maximum absolute atomic E-state index is 11.8. The number of halogens is 1. The quantitative estimate of drug-likeness (QED) is 0.354. The molecule has 1 fully saturated rings. The highest BCUT2D eigenvalue weighted by molar-refractivity contribution is 5.85. The molecule has 0 spiro atoms. The molecule has 0 radical (unpaired) electrons. The molecule has 0 atom stereocenters. The maximum Gasteiger partial charge on any atom is 0.311 e. The van der Waals surface area contributed by atoms with Gasteiger partial charge in [0.2, 0.25) is 0 Å². The summed E-state index contributed by atoms with van der Waals surface area (Å²) >= 11 is 0. The highest BCUT2D eigenvalue weighted by Gasteiger charge is 2.19. The number of carbonyl (C=O) groups excluding carboxylic acids is 1. The van der Waals surface area contributed by atoms with Gasteiger partial charge in [0.25, 0.3) is 0 Å². The Balaban J connectivity index is 0.00000288. The minimum absolute atomic E-state index is 0. The van der Waals surface area contributed by atoms with Crippen molar-refractivity contribution in [3.63, 3.8) is 0 Å². The predicted molar refractivity (Wildman–Crippen MR) is 95.9 cm³/mol. The number of nitrogens with one attached hydrogen (secondary N) is 1. The molecular formula is C17H26ClN3O3. The summed E-state index contributed by atoms with van der Waals surface area (Å²) < 4.78 is 10.4. The molecule has 0 aliphatic carbocycles. The third-order valence-corrected chi connectivity index (χ3v) is 4.24. The number of ether oxygens (including phenoxy) is 2. The van der Waals surface area contributed by atoms with Crippen LogP contribution in [-0.2, 0) is 4.79 Å². The number of benzene rings is 1. The minimum Gasteiger partial charge on any atom is -0.497 e. The minimum atomic E-state index is -0.198. The van der Waals surface area contributed by atoms with E-state index >= 15 is 0 Å². The van der Waals surface area contributed by atoms with Gasteiger partial charge >= 0.3 is 5.97 Å². The lowest BCUT2D eigenvalue weighted by Crippen LogP contribution is -2.42. The Bertz CT molecular complexity index is 528. The van der Waals surface area contributed by atoms with Crippen LogP contribution in [0.2, 0.25) is 0 Å². The number of methoxy groups -OCH3 is 1. The fourth-order valence-corrected chi connectivity index (χ4v) is 2.82. The van der Waals surface area contributed by atoms with Crippen molar-refractivity contribution in [3.05, 3.63) is 24.3 Å². The molecule has 2 rings (SSSR count). The number of piperidine rings is 1. The Morgan fingerprint density at radius 3 is 2.38 bits per heavy atom. The van der Waals surface area contributed by atoms with Crippen LogP contribution in [0.25, 0.3) is 0 Å². The van der Waals surface area contributed by atoms with Crippen molar-refractivity contribution in [2.24, 2.45) is 11.7 Å². The lowest BCUT2D eigenvalue weighted by Gasteiger charge is -2.32.